The molecule has 5 nitrogen and oxygen atoms in total. The third kappa shape index (κ3) is 4.91. The molecule has 0 aliphatic carbocycles. The van der Waals surface area contributed by atoms with Crippen LogP contribution in [-0.4, -0.2) is 18.2 Å². The lowest BCUT2D eigenvalue weighted by atomic mass is 9.76. The highest BCUT2D eigenvalue weighted by Gasteiger charge is 2.28. The van der Waals surface area contributed by atoms with Gasteiger partial charge in [-0.2, -0.15) is 0 Å². The number of rotatable bonds is 9. The molecule has 0 heterocycles. The van der Waals surface area contributed by atoms with Crippen molar-refractivity contribution < 1.29 is 9.66 Å². The molecule has 164 valence electrons. The maximum Gasteiger partial charge on any atom is 0.296 e. The highest BCUT2D eigenvalue weighted by molar-refractivity contribution is 7.98. The lowest BCUT2D eigenvalue weighted by Crippen LogP contribution is -2.20. The first-order chi connectivity index (χ1) is 14.0. The molecule has 0 radical (unpaired) electrons. The van der Waals surface area contributed by atoms with Gasteiger partial charge in [0.15, 0.2) is 0 Å². The molecule has 0 bridgehead atoms. The van der Waals surface area contributed by atoms with E-state index in [4.69, 9.17) is 4.74 Å². The molecular formula is C24H34N2O3S. The van der Waals surface area contributed by atoms with Crippen LogP contribution in [0.25, 0.3) is 0 Å². The average Bonchev–Trinajstić information content (AvgIpc) is 2.73. The molecule has 0 fully saturated rings. The van der Waals surface area contributed by atoms with Crippen LogP contribution in [0.5, 0.6) is 11.5 Å². The van der Waals surface area contributed by atoms with E-state index in [0.717, 1.165) is 29.1 Å². The zero-order valence-electron chi connectivity index (χ0n) is 19.4. The second-order valence-corrected chi connectivity index (χ2v) is 9.66. The minimum absolute atomic E-state index is 0.00494. The van der Waals surface area contributed by atoms with Crippen LogP contribution >= 0.6 is 11.8 Å². The van der Waals surface area contributed by atoms with Crippen LogP contribution in [-0.2, 0) is 10.8 Å². The van der Waals surface area contributed by atoms with Crippen molar-refractivity contribution in [3.05, 3.63) is 51.6 Å². The third-order valence-corrected chi connectivity index (χ3v) is 6.98. The first-order valence-electron chi connectivity index (χ1n) is 10.4. The van der Waals surface area contributed by atoms with Crippen LogP contribution in [0.4, 0.5) is 11.4 Å². The summed E-state index contributed by atoms with van der Waals surface area (Å²) in [7, 11) is 1.68. The molecule has 0 unspecified atom stereocenters. The predicted octanol–water partition coefficient (Wildman–Crippen LogP) is 7.53. The van der Waals surface area contributed by atoms with Crippen molar-refractivity contribution in [2.75, 3.05) is 18.6 Å². The molecule has 0 saturated carbocycles. The number of benzene rings is 2. The lowest BCUT2D eigenvalue weighted by molar-refractivity contribution is -0.384. The van der Waals surface area contributed by atoms with Gasteiger partial charge in [0.25, 0.3) is 5.69 Å². The molecule has 0 amide bonds. The number of nitrogens with one attached hydrogen (secondary N) is 1. The molecule has 1 N–H and O–H groups in total. The molecular weight excluding hydrogens is 396 g/mol. The van der Waals surface area contributed by atoms with Crippen LogP contribution in [0, 0.1) is 10.1 Å². The Hall–Kier alpha value is -2.21. The van der Waals surface area contributed by atoms with Crippen LogP contribution < -0.4 is 10.1 Å². The van der Waals surface area contributed by atoms with E-state index in [-0.39, 0.29) is 21.4 Å². The fraction of sp³-hybridized carbons (Fsp3) is 0.500. The summed E-state index contributed by atoms with van der Waals surface area (Å²) in [5.74, 6) is 1.25. The van der Waals surface area contributed by atoms with Gasteiger partial charge in [-0.1, -0.05) is 53.7 Å². The maximum absolute atomic E-state index is 11.5. The van der Waals surface area contributed by atoms with Gasteiger partial charge in [0.1, 0.15) is 17.2 Å². The Bertz CT molecular complexity index is 923. The second kappa shape index (κ2) is 9.29. The van der Waals surface area contributed by atoms with E-state index in [2.05, 4.69) is 59.0 Å². The minimum atomic E-state index is -0.382. The quantitative estimate of drug-likeness (QED) is 0.253. The fourth-order valence-corrected chi connectivity index (χ4v) is 3.76. The van der Waals surface area contributed by atoms with Crippen molar-refractivity contribution >= 4 is 23.1 Å². The van der Waals surface area contributed by atoms with Gasteiger partial charge in [-0.05, 0) is 47.6 Å². The molecule has 0 spiro atoms. The Morgan fingerprint density at radius 2 is 1.67 bits per heavy atom. The first kappa shape index (κ1) is 24.1. The summed E-state index contributed by atoms with van der Waals surface area (Å²) in [5.41, 5.74) is 2.85. The highest BCUT2D eigenvalue weighted by Crippen LogP contribution is 2.44. The number of nitro groups is 1. The van der Waals surface area contributed by atoms with Crippen LogP contribution in [0.15, 0.2) is 35.2 Å². The molecule has 0 aliphatic rings. The van der Waals surface area contributed by atoms with Gasteiger partial charge in [-0.3, -0.25) is 10.1 Å². The summed E-state index contributed by atoms with van der Waals surface area (Å²) < 4.78 is 6.36. The molecule has 0 aliphatic heterocycles. The standard InChI is InChI=1S/C24H34N2O3S/c1-9-23(3,4)16-11-12-20(17(13-16)24(5,6)10-2)29-21-15-19(26(27)28)18(25-7)14-22(21)30-8/h11-15,25H,9-10H2,1-8H3. The number of thioether (sulfide) groups is 1. The zero-order valence-corrected chi connectivity index (χ0v) is 20.2. The molecule has 30 heavy (non-hydrogen) atoms. The summed E-state index contributed by atoms with van der Waals surface area (Å²) in [5, 5.41) is 14.5. The van der Waals surface area contributed by atoms with Gasteiger partial charge >= 0.3 is 0 Å². The van der Waals surface area contributed by atoms with E-state index in [0.29, 0.717) is 11.4 Å². The molecule has 6 heteroatoms. The SMILES string of the molecule is CCC(C)(C)c1ccc(Oc2cc([N+](=O)[O-])c(NC)cc2SC)c(C(C)(C)CC)c1. The number of ether oxygens (including phenoxy) is 1. The van der Waals surface area contributed by atoms with Gasteiger partial charge in [-0.25, -0.2) is 0 Å². The monoisotopic (exact) mass is 430 g/mol. The summed E-state index contributed by atoms with van der Waals surface area (Å²) in [4.78, 5) is 12.0. The van der Waals surface area contributed by atoms with Crippen molar-refractivity contribution in [3.63, 3.8) is 0 Å². The van der Waals surface area contributed by atoms with E-state index in [1.165, 1.54) is 23.4 Å². The normalized spacial score (nSPS) is 12.0. The van der Waals surface area contributed by atoms with Gasteiger partial charge in [-0.15, -0.1) is 11.8 Å². The number of hydrogen-bond acceptors (Lipinski definition) is 5. The van der Waals surface area contributed by atoms with Crippen molar-refractivity contribution in [3.8, 4) is 11.5 Å². The summed E-state index contributed by atoms with van der Waals surface area (Å²) in [6, 6.07) is 9.67. The topological polar surface area (TPSA) is 64.4 Å². The molecule has 0 atom stereocenters. The van der Waals surface area contributed by atoms with E-state index < -0.39 is 0 Å². The summed E-state index contributed by atoms with van der Waals surface area (Å²) in [6.07, 6.45) is 3.93. The Balaban J connectivity index is 2.65. The highest BCUT2D eigenvalue weighted by atomic mass is 32.2. The lowest BCUT2D eigenvalue weighted by Gasteiger charge is -2.30. The van der Waals surface area contributed by atoms with Crippen molar-refractivity contribution in [1.29, 1.82) is 0 Å². The van der Waals surface area contributed by atoms with Crippen molar-refractivity contribution in [2.45, 2.75) is 70.1 Å². The first-order valence-corrected chi connectivity index (χ1v) is 11.6. The Labute approximate surface area is 184 Å². The molecule has 2 aromatic rings. The predicted molar refractivity (Wildman–Crippen MR) is 128 cm³/mol. The van der Waals surface area contributed by atoms with Crippen molar-refractivity contribution in [2.24, 2.45) is 0 Å². The number of nitrogens with zero attached hydrogens (tertiary/aromatic N) is 1. The van der Waals surface area contributed by atoms with Crippen LogP contribution in [0.2, 0.25) is 0 Å². The molecule has 2 aromatic carbocycles. The second-order valence-electron chi connectivity index (χ2n) is 8.82. The largest absolute Gasteiger partial charge is 0.456 e. The van der Waals surface area contributed by atoms with Gasteiger partial charge < -0.3 is 10.1 Å². The minimum Gasteiger partial charge on any atom is -0.456 e. The maximum atomic E-state index is 11.5. The van der Waals surface area contributed by atoms with Crippen LogP contribution in [0.3, 0.4) is 0 Å². The van der Waals surface area contributed by atoms with Gasteiger partial charge in [0.05, 0.1) is 15.9 Å². The van der Waals surface area contributed by atoms with Crippen molar-refractivity contribution in [1.82, 2.24) is 0 Å². The molecule has 0 saturated heterocycles. The zero-order chi connectivity index (χ0) is 22.7. The number of anilines is 1. The third-order valence-electron chi connectivity index (χ3n) is 6.23. The average molecular weight is 431 g/mol. The fourth-order valence-electron chi connectivity index (χ4n) is 3.22. The van der Waals surface area contributed by atoms with E-state index in [9.17, 15) is 10.1 Å². The molecule has 2 rings (SSSR count). The van der Waals surface area contributed by atoms with E-state index in [1.54, 1.807) is 13.1 Å². The Kier molecular flexibility index (Phi) is 7.45. The Morgan fingerprint density at radius 3 is 2.17 bits per heavy atom. The number of nitro benzene ring substituents is 1. The van der Waals surface area contributed by atoms with Crippen LogP contribution in [0.1, 0.15) is 65.5 Å². The van der Waals surface area contributed by atoms with E-state index in [1.807, 2.05) is 12.3 Å². The smallest absolute Gasteiger partial charge is 0.296 e. The molecule has 0 aromatic heterocycles. The summed E-state index contributed by atoms with van der Waals surface area (Å²) >= 11 is 1.51. The Morgan fingerprint density at radius 1 is 1.03 bits per heavy atom. The number of hydrogen-bond donors (Lipinski definition) is 1. The van der Waals surface area contributed by atoms with Gasteiger partial charge in [0, 0.05) is 12.6 Å². The van der Waals surface area contributed by atoms with Gasteiger partial charge in [0.2, 0.25) is 0 Å². The summed E-state index contributed by atoms with van der Waals surface area (Å²) in [6.45, 7) is 13.3. The van der Waals surface area contributed by atoms with E-state index >= 15 is 0 Å².